The minimum atomic E-state index is -4.41. The van der Waals surface area contributed by atoms with Crippen LogP contribution in [-0.4, -0.2) is 45.5 Å². The van der Waals surface area contributed by atoms with Crippen molar-refractivity contribution in [2.75, 3.05) is 19.0 Å². The fourth-order valence-electron chi connectivity index (χ4n) is 2.56. The molecule has 1 aromatic carbocycles. The van der Waals surface area contributed by atoms with Gasteiger partial charge in [-0.1, -0.05) is 30.3 Å². The summed E-state index contributed by atoms with van der Waals surface area (Å²) in [7, 11) is 1.51. The number of halogens is 3. The monoisotopic (exact) mass is 380 g/mol. The highest BCUT2D eigenvalue weighted by Gasteiger charge is 2.39. The fourth-order valence-corrected chi connectivity index (χ4v) is 2.56. The van der Waals surface area contributed by atoms with Crippen LogP contribution in [0.4, 0.5) is 19.0 Å². The van der Waals surface area contributed by atoms with Crippen LogP contribution in [0.25, 0.3) is 5.78 Å². The summed E-state index contributed by atoms with van der Waals surface area (Å²) in [6, 6.07) is 8.78. The van der Waals surface area contributed by atoms with Gasteiger partial charge in [0.15, 0.2) is 0 Å². The summed E-state index contributed by atoms with van der Waals surface area (Å²) in [5, 5.41) is 9.34. The van der Waals surface area contributed by atoms with Gasteiger partial charge in [-0.05, 0) is 5.56 Å². The number of nitrogens with zero attached hydrogens (tertiary/aromatic N) is 4. The smallest absolute Gasteiger partial charge is 0.378 e. The molecule has 0 amide bonds. The van der Waals surface area contributed by atoms with Crippen LogP contribution in [0, 0.1) is 0 Å². The number of methoxy groups -OCH3 is 1. The summed E-state index contributed by atoms with van der Waals surface area (Å²) < 4.78 is 46.6. The standard InChI is InChI=1S/C17H19F3N6O/c1-27-10-13-7-15(26-16(25-13)23-11-24-26)22-9-14(17(18,19)20)21-8-12-5-3-2-4-6-12/h2-7,11,14,21-22H,8-10H2,1H3/t14-/m0/s1. The highest BCUT2D eigenvalue weighted by molar-refractivity contribution is 5.45. The molecule has 0 radical (unpaired) electrons. The molecular formula is C17H19F3N6O. The SMILES string of the molecule is COCc1cc(NC[C@H](NCc2ccccc2)C(F)(F)F)n2ncnc2n1. The molecule has 0 aliphatic carbocycles. The molecule has 10 heteroatoms. The van der Waals surface area contributed by atoms with Gasteiger partial charge in [0.25, 0.3) is 5.78 Å². The Morgan fingerprint density at radius 1 is 1.22 bits per heavy atom. The highest BCUT2D eigenvalue weighted by Crippen LogP contribution is 2.21. The molecule has 7 nitrogen and oxygen atoms in total. The van der Waals surface area contributed by atoms with Gasteiger partial charge in [0.2, 0.25) is 0 Å². The summed E-state index contributed by atoms with van der Waals surface area (Å²) in [5.41, 5.74) is 1.32. The predicted octanol–water partition coefficient (Wildman–Crippen LogP) is 2.40. The van der Waals surface area contributed by atoms with Gasteiger partial charge in [-0.15, -0.1) is 0 Å². The van der Waals surface area contributed by atoms with E-state index in [0.717, 1.165) is 5.56 Å². The summed E-state index contributed by atoms with van der Waals surface area (Å²) in [4.78, 5) is 8.21. The van der Waals surface area contributed by atoms with E-state index < -0.39 is 12.2 Å². The van der Waals surface area contributed by atoms with Crippen LogP contribution in [0.15, 0.2) is 42.7 Å². The average Bonchev–Trinajstić information content (AvgIpc) is 3.10. The molecule has 0 aliphatic heterocycles. The third-order valence-corrected chi connectivity index (χ3v) is 3.87. The van der Waals surface area contributed by atoms with Gasteiger partial charge in [0, 0.05) is 26.3 Å². The maximum atomic E-state index is 13.4. The molecule has 3 aromatic rings. The van der Waals surface area contributed by atoms with Crippen molar-refractivity contribution in [1.82, 2.24) is 24.9 Å². The average molecular weight is 380 g/mol. The van der Waals surface area contributed by atoms with E-state index in [1.165, 1.54) is 18.0 Å². The fraction of sp³-hybridized carbons (Fsp3) is 0.353. The molecule has 0 saturated carbocycles. The van der Waals surface area contributed by atoms with Crippen LogP contribution in [0.2, 0.25) is 0 Å². The van der Waals surface area contributed by atoms with E-state index in [1.807, 2.05) is 6.07 Å². The zero-order valence-electron chi connectivity index (χ0n) is 14.6. The lowest BCUT2D eigenvalue weighted by Gasteiger charge is -2.23. The van der Waals surface area contributed by atoms with Crippen molar-refractivity contribution >= 4 is 11.6 Å². The molecule has 27 heavy (non-hydrogen) atoms. The van der Waals surface area contributed by atoms with Crippen molar-refractivity contribution in [3.63, 3.8) is 0 Å². The summed E-state index contributed by atoms with van der Waals surface area (Å²) >= 11 is 0. The number of anilines is 1. The van der Waals surface area contributed by atoms with Crippen LogP contribution in [0.3, 0.4) is 0 Å². The first-order valence-electron chi connectivity index (χ1n) is 8.24. The second-order valence-corrected chi connectivity index (χ2v) is 5.88. The van der Waals surface area contributed by atoms with Gasteiger partial charge in [-0.3, -0.25) is 0 Å². The van der Waals surface area contributed by atoms with Crippen LogP contribution < -0.4 is 10.6 Å². The molecule has 2 heterocycles. The topological polar surface area (TPSA) is 76.4 Å². The number of hydrogen-bond acceptors (Lipinski definition) is 6. The van der Waals surface area contributed by atoms with Gasteiger partial charge in [-0.2, -0.15) is 27.8 Å². The number of rotatable bonds is 8. The number of aromatic nitrogens is 4. The highest BCUT2D eigenvalue weighted by atomic mass is 19.4. The molecule has 144 valence electrons. The van der Waals surface area contributed by atoms with Gasteiger partial charge in [0.05, 0.1) is 12.3 Å². The van der Waals surface area contributed by atoms with Crippen molar-refractivity contribution in [2.24, 2.45) is 0 Å². The van der Waals surface area contributed by atoms with E-state index in [2.05, 4.69) is 25.7 Å². The maximum Gasteiger partial charge on any atom is 0.405 e. The van der Waals surface area contributed by atoms with Crippen molar-refractivity contribution in [2.45, 2.75) is 25.4 Å². The molecule has 0 saturated heterocycles. The number of fused-ring (bicyclic) bond motifs is 1. The van der Waals surface area contributed by atoms with Crippen molar-refractivity contribution < 1.29 is 17.9 Å². The minimum Gasteiger partial charge on any atom is -0.378 e. The molecule has 0 fully saturated rings. The molecule has 1 atom stereocenters. The number of benzene rings is 1. The lowest BCUT2D eigenvalue weighted by molar-refractivity contribution is -0.152. The van der Waals surface area contributed by atoms with Crippen LogP contribution in [-0.2, 0) is 17.9 Å². The Morgan fingerprint density at radius 2 is 2.00 bits per heavy atom. The van der Waals surface area contributed by atoms with E-state index in [1.54, 1.807) is 30.3 Å². The molecule has 2 N–H and O–H groups in total. The van der Waals surface area contributed by atoms with Crippen LogP contribution in [0.1, 0.15) is 11.3 Å². The Balaban J connectivity index is 1.73. The Kier molecular flexibility index (Phi) is 5.87. The quantitative estimate of drug-likeness (QED) is 0.625. The Labute approximate surface area is 153 Å². The Bertz CT molecular complexity index is 868. The summed E-state index contributed by atoms with van der Waals surface area (Å²) in [6.45, 7) is -0.0502. The number of nitrogens with one attached hydrogen (secondary N) is 2. The van der Waals surface area contributed by atoms with Gasteiger partial charge >= 0.3 is 6.18 Å². The van der Waals surface area contributed by atoms with Gasteiger partial charge in [0.1, 0.15) is 18.2 Å². The van der Waals surface area contributed by atoms with E-state index in [9.17, 15) is 13.2 Å². The lowest BCUT2D eigenvalue weighted by atomic mass is 10.2. The van der Waals surface area contributed by atoms with Crippen molar-refractivity contribution in [3.05, 3.63) is 54.0 Å². The molecule has 0 aliphatic rings. The van der Waals surface area contributed by atoms with Crippen molar-refractivity contribution in [1.29, 1.82) is 0 Å². The van der Waals surface area contributed by atoms with Gasteiger partial charge < -0.3 is 15.4 Å². The number of ether oxygens (including phenoxy) is 1. The largest absolute Gasteiger partial charge is 0.405 e. The molecule has 0 bridgehead atoms. The second kappa shape index (κ2) is 8.31. The summed E-state index contributed by atoms with van der Waals surface area (Å²) in [6.07, 6.45) is -3.12. The van der Waals surface area contributed by atoms with E-state index in [-0.39, 0.29) is 25.5 Å². The second-order valence-electron chi connectivity index (χ2n) is 5.88. The normalized spacial score (nSPS) is 13.0. The Hall–Kier alpha value is -2.72. The van der Waals surface area contributed by atoms with E-state index in [4.69, 9.17) is 4.74 Å². The number of hydrogen-bond donors (Lipinski definition) is 2. The lowest BCUT2D eigenvalue weighted by Crippen LogP contribution is -2.46. The summed E-state index contributed by atoms with van der Waals surface area (Å²) in [5.74, 6) is 0.646. The zero-order valence-corrected chi connectivity index (χ0v) is 14.6. The van der Waals surface area contributed by atoms with Crippen molar-refractivity contribution in [3.8, 4) is 0 Å². The molecule has 0 spiro atoms. The third-order valence-electron chi connectivity index (χ3n) is 3.87. The first-order chi connectivity index (χ1) is 13.0. The third kappa shape index (κ3) is 4.92. The first-order valence-corrected chi connectivity index (χ1v) is 8.24. The molecule has 0 unspecified atom stereocenters. The predicted molar refractivity (Wildman–Crippen MR) is 93.1 cm³/mol. The van der Waals surface area contributed by atoms with E-state index in [0.29, 0.717) is 11.5 Å². The zero-order chi connectivity index (χ0) is 19.3. The van der Waals surface area contributed by atoms with Gasteiger partial charge in [-0.25, -0.2) is 4.98 Å². The van der Waals surface area contributed by atoms with Crippen LogP contribution in [0.5, 0.6) is 0 Å². The molecular weight excluding hydrogens is 361 g/mol. The molecule has 3 rings (SSSR count). The van der Waals surface area contributed by atoms with E-state index >= 15 is 0 Å². The maximum absolute atomic E-state index is 13.4. The van der Waals surface area contributed by atoms with Crippen LogP contribution >= 0.6 is 0 Å². The minimum absolute atomic E-state index is 0.108. The number of alkyl halides is 3. The Morgan fingerprint density at radius 3 is 2.70 bits per heavy atom. The molecule has 2 aromatic heterocycles. The first kappa shape index (κ1) is 19.1.